The third kappa shape index (κ3) is 6.33. The van der Waals surface area contributed by atoms with E-state index in [1.807, 2.05) is 18.2 Å². The van der Waals surface area contributed by atoms with Crippen LogP contribution in [0.5, 0.6) is 0 Å². The number of carbonyl (C=O) groups is 1. The topological polar surface area (TPSA) is 32.3 Å². The van der Waals surface area contributed by atoms with Crippen molar-refractivity contribution in [3.63, 3.8) is 0 Å². The van der Waals surface area contributed by atoms with Crippen LogP contribution in [0.2, 0.25) is 0 Å². The molecule has 0 unspecified atom stereocenters. The van der Waals surface area contributed by atoms with Gasteiger partial charge in [-0.1, -0.05) is 30.3 Å². The van der Waals surface area contributed by atoms with Crippen molar-refractivity contribution in [3.05, 3.63) is 66.0 Å². The molecule has 1 aliphatic rings. The monoisotopic (exact) mass is 388 g/mol. The van der Waals surface area contributed by atoms with Crippen LogP contribution in [0.4, 0.5) is 10.1 Å². The molecule has 1 amide bonds. The Morgan fingerprint density at radius 2 is 1.78 bits per heavy atom. The van der Waals surface area contributed by atoms with Crippen LogP contribution in [-0.2, 0) is 4.79 Å². The van der Waals surface area contributed by atoms with E-state index in [1.54, 1.807) is 12.1 Å². The highest BCUT2D eigenvalue weighted by Gasteiger charge is 2.22. The minimum Gasteiger partial charge on any atom is -0.326 e. The molecule has 0 saturated carbocycles. The van der Waals surface area contributed by atoms with Gasteiger partial charge in [0.25, 0.3) is 0 Å². The number of amides is 1. The molecule has 0 bridgehead atoms. The Balaban J connectivity index is 1.36. The lowest BCUT2D eigenvalue weighted by atomic mass is 9.93. The second-order valence-corrected chi connectivity index (χ2v) is 7.74. The Morgan fingerprint density at radius 1 is 1.11 bits per heavy atom. The van der Waals surface area contributed by atoms with Gasteiger partial charge in [0, 0.05) is 12.1 Å². The number of anilines is 1. The fourth-order valence-corrected chi connectivity index (χ4v) is 3.79. The van der Waals surface area contributed by atoms with Gasteiger partial charge in [0.2, 0.25) is 5.91 Å². The Hall–Kier alpha value is -1.91. The normalized spacial score (nSPS) is 16.8. The van der Waals surface area contributed by atoms with Gasteiger partial charge in [-0.15, -0.1) is 11.6 Å². The Kier molecular flexibility index (Phi) is 7.25. The first-order chi connectivity index (χ1) is 13.1. The molecule has 2 aromatic rings. The number of halogens is 2. The number of alkyl halides is 1. The number of nitrogens with zero attached hydrogens (tertiary/aromatic N) is 1. The van der Waals surface area contributed by atoms with Crippen LogP contribution in [0, 0.1) is 11.7 Å². The number of nitrogens with one attached hydrogen (secondary N) is 1. The highest BCUT2D eigenvalue weighted by Crippen LogP contribution is 2.26. The lowest BCUT2D eigenvalue weighted by molar-refractivity contribution is -0.117. The molecule has 1 N–H and O–H groups in total. The van der Waals surface area contributed by atoms with Crippen LogP contribution >= 0.6 is 11.6 Å². The van der Waals surface area contributed by atoms with E-state index in [1.165, 1.54) is 17.7 Å². The molecule has 3 nitrogen and oxygen atoms in total. The van der Waals surface area contributed by atoms with E-state index in [9.17, 15) is 9.18 Å². The molecule has 1 heterocycles. The Bertz CT molecular complexity index is 715. The van der Waals surface area contributed by atoms with Crippen molar-refractivity contribution in [1.29, 1.82) is 0 Å². The number of hydrogen-bond donors (Lipinski definition) is 1. The first-order valence-electron chi connectivity index (χ1n) is 9.57. The van der Waals surface area contributed by atoms with Crippen molar-refractivity contribution in [2.45, 2.75) is 31.1 Å². The van der Waals surface area contributed by atoms with Crippen molar-refractivity contribution in [2.24, 2.45) is 5.92 Å². The van der Waals surface area contributed by atoms with Crippen LogP contribution in [0.1, 0.15) is 36.6 Å². The third-order valence-corrected chi connectivity index (χ3v) is 5.64. The molecule has 5 heteroatoms. The summed E-state index contributed by atoms with van der Waals surface area (Å²) in [4.78, 5) is 14.6. The third-order valence-electron chi connectivity index (χ3n) is 5.17. The summed E-state index contributed by atoms with van der Waals surface area (Å²) in [6, 6.07) is 16.1. The number of carbonyl (C=O) groups excluding carboxylic acids is 1. The van der Waals surface area contributed by atoms with E-state index in [-0.39, 0.29) is 17.1 Å². The molecular formula is C22H26ClFN2O. The molecule has 1 aliphatic heterocycles. The van der Waals surface area contributed by atoms with Crippen molar-refractivity contribution in [1.82, 2.24) is 4.90 Å². The number of rotatable bonds is 7. The maximum atomic E-state index is 12.9. The van der Waals surface area contributed by atoms with Gasteiger partial charge >= 0.3 is 0 Å². The molecule has 3 rings (SSSR count). The predicted octanol–water partition coefficient (Wildman–Crippen LogP) is 5.24. The summed E-state index contributed by atoms with van der Waals surface area (Å²) >= 11 is 6.51. The molecule has 27 heavy (non-hydrogen) atoms. The smallest absolute Gasteiger partial charge is 0.224 e. The van der Waals surface area contributed by atoms with Gasteiger partial charge in [0.1, 0.15) is 5.82 Å². The van der Waals surface area contributed by atoms with E-state index >= 15 is 0 Å². The van der Waals surface area contributed by atoms with Crippen molar-refractivity contribution in [3.8, 4) is 0 Å². The Labute approximate surface area is 165 Å². The largest absolute Gasteiger partial charge is 0.326 e. The maximum absolute atomic E-state index is 12.9. The zero-order valence-electron chi connectivity index (χ0n) is 15.4. The van der Waals surface area contributed by atoms with Crippen molar-refractivity contribution in [2.75, 3.05) is 25.0 Å². The molecule has 0 aliphatic carbocycles. The fourth-order valence-electron chi connectivity index (χ4n) is 3.55. The first-order valence-corrected chi connectivity index (χ1v) is 10.0. The van der Waals surface area contributed by atoms with Gasteiger partial charge in [-0.25, -0.2) is 4.39 Å². The van der Waals surface area contributed by atoms with Gasteiger partial charge in [-0.2, -0.15) is 0 Å². The summed E-state index contributed by atoms with van der Waals surface area (Å²) < 4.78 is 12.9. The summed E-state index contributed by atoms with van der Waals surface area (Å²) in [6.45, 7) is 3.00. The van der Waals surface area contributed by atoms with Gasteiger partial charge in [-0.3, -0.25) is 4.79 Å². The molecule has 2 aromatic carbocycles. The lowest BCUT2D eigenvalue weighted by Gasteiger charge is -2.32. The van der Waals surface area contributed by atoms with Crippen LogP contribution in [0.3, 0.4) is 0 Å². The summed E-state index contributed by atoms with van der Waals surface area (Å²) in [5.41, 5.74) is 1.82. The van der Waals surface area contributed by atoms with Gasteiger partial charge in [-0.05, 0) is 74.6 Å². The zero-order valence-corrected chi connectivity index (χ0v) is 16.2. The summed E-state index contributed by atoms with van der Waals surface area (Å²) in [5.74, 6) is 0.111. The number of piperidine rings is 1. The number of likely N-dealkylation sites (tertiary alicyclic amines) is 1. The molecular weight excluding hydrogens is 363 g/mol. The molecule has 1 fully saturated rings. The second kappa shape index (κ2) is 9.86. The van der Waals surface area contributed by atoms with Crippen LogP contribution < -0.4 is 5.32 Å². The highest BCUT2D eigenvalue weighted by atomic mass is 35.5. The van der Waals surface area contributed by atoms with Gasteiger partial charge in [0.15, 0.2) is 0 Å². The minimum absolute atomic E-state index is 0.00459. The predicted molar refractivity (Wildman–Crippen MR) is 108 cm³/mol. The number of benzene rings is 2. The quantitative estimate of drug-likeness (QED) is 0.658. The standard InChI is InChI=1S/C22H26ClFN2O/c23-21(18-4-2-1-3-5-18)12-15-26-13-10-17(11-14-26)16-22(27)25-20-8-6-19(24)7-9-20/h1-9,17,21H,10-16H2,(H,25,27)/t21-/m1/s1. The molecule has 0 radical (unpaired) electrons. The fraction of sp³-hybridized carbons (Fsp3) is 0.409. The van der Waals surface area contributed by atoms with Gasteiger partial charge < -0.3 is 10.2 Å². The summed E-state index contributed by atoms with van der Waals surface area (Å²) in [5, 5.41) is 2.90. The number of hydrogen-bond acceptors (Lipinski definition) is 2. The van der Waals surface area contributed by atoms with E-state index < -0.39 is 0 Å². The molecule has 144 valence electrons. The molecule has 1 atom stereocenters. The zero-order chi connectivity index (χ0) is 19.1. The van der Waals surface area contributed by atoms with E-state index in [2.05, 4.69) is 22.3 Å². The van der Waals surface area contributed by atoms with Crippen molar-refractivity contribution < 1.29 is 9.18 Å². The van der Waals surface area contributed by atoms with Crippen LogP contribution in [0.25, 0.3) is 0 Å². The average Bonchev–Trinajstić information content (AvgIpc) is 2.69. The van der Waals surface area contributed by atoms with Crippen molar-refractivity contribution >= 4 is 23.2 Å². The first kappa shape index (κ1) is 19.8. The van der Waals surface area contributed by atoms with E-state index in [0.29, 0.717) is 18.0 Å². The summed E-state index contributed by atoms with van der Waals surface area (Å²) in [7, 11) is 0. The minimum atomic E-state index is -0.299. The molecule has 1 saturated heterocycles. The lowest BCUT2D eigenvalue weighted by Crippen LogP contribution is -2.35. The molecule has 0 spiro atoms. The van der Waals surface area contributed by atoms with Crippen LogP contribution in [-0.4, -0.2) is 30.4 Å². The maximum Gasteiger partial charge on any atom is 0.224 e. The average molecular weight is 389 g/mol. The molecule has 0 aromatic heterocycles. The SMILES string of the molecule is O=C(CC1CCN(CC[C@@H](Cl)c2ccccc2)CC1)Nc1ccc(F)cc1. The summed E-state index contributed by atoms with van der Waals surface area (Å²) in [6.07, 6.45) is 3.50. The second-order valence-electron chi connectivity index (χ2n) is 7.21. The van der Waals surface area contributed by atoms with E-state index in [4.69, 9.17) is 11.6 Å². The van der Waals surface area contributed by atoms with Crippen LogP contribution in [0.15, 0.2) is 54.6 Å². The van der Waals surface area contributed by atoms with Gasteiger partial charge in [0.05, 0.1) is 5.38 Å². The van der Waals surface area contributed by atoms with E-state index in [0.717, 1.165) is 38.9 Å². The Morgan fingerprint density at radius 3 is 2.44 bits per heavy atom. The highest BCUT2D eigenvalue weighted by molar-refractivity contribution is 6.20.